The van der Waals surface area contributed by atoms with Crippen molar-refractivity contribution < 1.29 is 24.4 Å². The predicted molar refractivity (Wildman–Crippen MR) is 106 cm³/mol. The molecule has 29 heavy (non-hydrogen) atoms. The number of anilines is 1. The maximum atomic E-state index is 10.5. The van der Waals surface area contributed by atoms with E-state index >= 15 is 0 Å². The Bertz CT molecular complexity index is 860. The van der Waals surface area contributed by atoms with Gasteiger partial charge in [0.15, 0.2) is 23.2 Å². The van der Waals surface area contributed by atoms with E-state index in [9.17, 15) is 10.2 Å². The van der Waals surface area contributed by atoms with Gasteiger partial charge in [0, 0.05) is 13.2 Å². The number of nitrogens with zero attached hydrogens (tertiary/aromatic N) is 4. The lowest BCUT2D eigenvalue weighted by Gasteiger charge is -2.17. The lowest BCUT2D eigenvalue weighted by Crippen LogP contribution is -2.35. The molecule has 2 aliphatic rings. The van der Waals surface area contributed by atoms with Crippen LogP contribution in [0.4, 0.5) is 5.82 Å². The summed E-state index contributed by atoms with van der Waals surface area (Å²) in [5, 5.41) is 27.3. The zero-order valence-corrected chi connectivity index (χ0v) is 16.7. The van der Waals surface area contributed by atoms with Gasteiger partial charge in [0.25, 0.3) is 5.17 Å². The molecule has 4 rings (SSSR count). The molecule has 0 unspecified atom stereocenters. The summed E-state index contributed by atoms with van der Waals surface area (Å²) >= 11 is 5.02. The first-order valence-electron chi connectivity index (χ1n) is 9.52. The molecule has 0 saturated carbocycles. The summed E-state index contributed by atoms with van der Waals surface area (Å²) in [6.45, 7) is 3.85. The van der Waals surface area contributed by atoms with Crippen LogP contribution in [0.3, 0.4) is 0 Å². The molecule has 2 aliphatic heterocycles. The molecule has 2 saturated heterocycles. The van der Waals surface area contributed by atoms with Crippen molar-refractivity contribution in [2.24, 2.45) is 0 Å². The van der Waals surface area contributed by atoms with Crippen LogP contribution in [0.25, 0.3) is 11.2 Å². The van der Waals surface area contributed by atoms with Crippen molar-refractivity contribution in [1.29, 1.82) is 0 Å². The second-order valence-corrected chi connectivity index (χ2v) is 7.30. The second kappa shape index (κ2) is 8.71. The molecule has 5 atom stereocenters. The van der Waals surface area contributed by atoms with Gasteiger partial charge >= 0.3 is 0 Å². The minimum atomic E-state index is -1.18. The Labute approximate surface area is 172 Å². The summed E-state index contributed by atoms with van der Waals surface area (Å²) in [6.07, 6.45) is -0.109. The number of ether oxygens (including phenoxy) is 3. The summed E-state index contributed by atoms with van der Waals surface area (Å²) in [4.78, 5) is 13.0. The first kappa shape index (κ1) is 20.2. The van der Waals surface area contributed by atoms with E-state index in [-0.39, 0.29) is 17.8 Å². The van der Waals surface area contributed by atoms with E-state index in [1.165, 1.54) is 12.7 Å². The summed E-state index contributed by atoms with van der Waals surface area (Å²) in [5.74, 6) is 0.591. The van der Waals surface area contributed by atoms with E-state index in [0.29, 0.717) is 36.7 Å². The fourth-order valence-electron chi connectivity index (χ4n) is 3.44. The highest BCUT2D eigenvalue weighted by atomic mass is 32.1. The predicted octanol–water partition coefficient (Wildman–Crippen LogP) is -0.443. The van der Waals surface area contributed by atoms with Gasteiger partial charge in [-0.1, -0.05) is 0 Å². The van der Waals surface area contributed by atoms with Gasteiger partial charge in [-0.05, 0) is 25.6 Å². The van der Waals surface area contributed by atoms with Crippen molar-refractivity contribution in [1.82, 2.24) is 24.8 Å². The molecule has 0 aromatic carbocycles. The highest BCUT2D eigenvalue weighted by Gasteiger charge is 2.44. The van der Waals surface area contributed by atoms with E-state index in [1.54, 1.807) is 4.57 Å². The van der Waals surface area contributed by atoms with Crippen LogP contribution in [0.2, 0.25) is 0 Å². The molecule has 0 amide bonds. The van der Waals surface area contributed by atoms with Gasteiger partial charge in [0.2, 0.25) is 0 Å². The third-order valence-electron chi connectivity index (χ3n) is 4.94. The lowest BCUT2D eigenvalue weighted by atomic mass is 10.1. The van der Waals surface area contributed by atoms with Crippen LogP contribution in [0, 0.1) is 0 Å². The number of imidazole rings is 1. The van der Waals surface area contributed by atoms with Crippen LogP contribution in [-0.4, -0.2) is 85.6 Å². The topological polar surface area (TPSA) is 136 Å². The molecule has 158 valence electrons. The Morgan fingerprint density at radius 2 is 2.21 bits per heavy atom. The molecule has 0 radical (unpaired) electrons. The summed E-state index contributed by atoms with van der Waals surface area (Å²) in [5.41, 5.74) is 1.04. The molecule has 0 spiro atoms. The third kappa shape index (κ3) is 4.12. The van der Waals surface area contributed by atoms with Crippen molar-refractivity contribution in [3.05, 3.63) is 12.7 Å². The smallest absolute Gasteiger partial charge is 0.256 e. The quantitative estimate of drug-likeness (QED) is 0.449. The Morgan fingerprint density at radius 3 is 2.97 bits per heavy atom. The Morgan fingerprint density at radius 1 is 1.34 bits per heavy atom. The van der Waals surface area contributed by atoms with Crippen molar-refractivity contribution in [2.45, 2.75) is 43.9 Å². The Hall–Kier alpha value is -2.12. The highest BCUT2D eigenvalue weighted by molar-refractivity contribution is 7.80. The highest BCUT2D eigenvalue weighted by Crippen LogP contribution is 2.32. The first-order valence-corrected chi connectivity index (χ1v) is 9.93. The normalized spacial score (nSPS) is 29.3. The standard InChI is InChI=1S/C17H24N6O5S/c1-2-18-17(29)27-6-10-12(24)13(25)16(28-10)23-8-21-11-14(19-7-20-15(11)23)22-9-3-4-26-5-9/h7-10,12-13,16,24-25H,2-6H2,1H3,(H,18,29)(H,19,20,22)/t9-,10-,12-,13-,16-/m1/s1. The minimum absolute atomic E-state index is 0.0106. The molecule has 4 heterocycles. The van der Waals surface area contributed by atoms with Gasteiger partial charge in [0.1, 0.15) is 31.2 Å². The van der Waals surface area contributed by atoms with Crippen LogP contribution < -0.4 is 10.6 Å². The van der Waals surface area contributed by atoms with E-state index in [2.05, 4.69) is 25.6 Å². The first-order chi connectivity index (χ1) is 14.1. The molecular weight excluding hydrogens is 400 g/mol. The molecule has 4 N–H and O–H groups in total. The van der Waals surface area contributed by atoms with Gasteiger partial charge in [-0.3, -0.25) is 4.57 Å². The number of thiocarbonyl (C=S) groups is 1. The van der Waals surface area contributed by atoms with Gasteiger partial charge < -0.3 is 35.1 Å². The number of nitrogens with one attached hydrogen (secondary N) is 2. The van der Waals surface area contributed by atoms with E-state index in [1.807, 2.05) is 6.92 Å². The second-order valence-electron chi connectivity index (χ2n) is 6.93. The maximum Gasteiger partial charge on any atom is 0.256 e. The van der Waals surface area contributed by atoms with Crippen LogP contribution in [-0.2, 0) is 14.2 Å². The number of aliphatic hydroxyl groups excluding tert-OH is 2. The average molecular weight is 424 g/mol. The number of hydrogen-bond acceptors (Lipinski definition) is 10. The van der Waals surface area contributed by atoms with Gasteiger partial charge in [-0.15, -0.1) is 0 Å². The SMILES string of the molecule is CCNC(=S)OC[C@H]1O[C@@H](n2cnc3c(N[C@@H]4CCOC4)ncnc32)[C@H](O)[C@@H]1O. The number of aliphatic hydroxyl groups is 2. The molecule has 2 aromatic rings. The zero-order valence-electron chi connectivity index (χ0n) is 15.9. The lowest BCUT2D eigenvalue weighted by molar-refractivity contribution is -0.0491. The summed E-state index contributed by atoms with van der Waals surface area (Å²) in [6, 6.07) is 0.162. The zero-order chi connectivity index (χ0) is 20.4. The van der Waals surface area contributed by atoms with Gasteiger partial charge in [0.05, 0.1) is 19.0 Å². The number of hydrogen-bond donors (Lipinski definition) is 4. The van der Waals surface area contributed by atoms with Crippen molar-refractivity contribution in [2.75, 3.05) is 31.7 Å². The minimum Gasteiger partial charge on any atom is -0.468 e. The van der Waals surface area contributed by atoms with Crippen molar-refractivity contribution >= 4 is 34.4 Å². The number of rotatable bonds is 6. The fraction of sp³-hybridized carbons (Fsp3) is 0.647. The number of aromatic nitrogens is 4. The fourth-order valence-corrected chi connectivity index (χ4v) is 3.65. The van der Waals surface area contributed by atoms with Crippen LogP contribution >= 0.6 is 12.2 Å². The van der Waals surface area contributed by atoms with Crippen molar-refractivity contribution in [3.63, 3.8) is 0 Å². The molecule has 2 aromatic heterocycles. The molecule has 2 fully saturated rings. The van der Waals surface area contributed by atoms with Crippen LogP contribution in [0.1, 0.15) is 19.6 Å². The Balaban J connectivity index is 1.51. The van der Waals surface area contributed by atoms with Crippen molar-refractivity contribution in [3.8, 4) is 0 Å². The van der Waals surface area contributed by atoms with Crippen LogP contribution in [0.15, 0.2) is 12.7 Å². The van der Waals surface area contributed by atoms with Gasteiger partial charge in [-0.25, -0.2) is 15.0 Å². The van der Waals surface area contributed by atoms with Crippen LogP contribution in [0.5, 0.6) is 0 Å². The summed E-state index contributed by atoms with van der Waals surface area (Å²) < 4.78 is 18.2. The van der Waals surface area contributed by atoms with E-state index in [0.717, 1.165) is 6.42 Å². The molecule has 0 bridgehead atoms. The largest absolute Gasteiger partial charge is 0.468 e. The molecular formula is C17H24N6O5S. The third-order valence-corrected chi connectivity index (χ3v) is 5.20. The van der Waals surface area contributed by atoms with E-state index < -0.39 is 24.5 Å². The van der Waals surface area contributed by atoms with E-state index in [4.69, 9.17) is 26.4 Å². The molecule has 12 heteroatoms. The number of fused-ring (bicyclic) bond motifs is 1. The Kier molecular flexibility index (Phi) is 6.06. The molecule has 11 nitrogen and oxygen atoms in total. The summed E-state index contributed by atoms with van der Waals surface area (Å²) in [7, 11) is 0. The monoisotopic (exact) mass is 424 g/mol. The average Bonchev–Trinajstić information content (AvgIpc) is 3.43. The molecule has 0 aliphatic carbocycles. The van der Waals surface area contributed by atoms with Gasteiger partial charge in [-0.2, -0.15) is 0 Å². The maximum absolute atomic E-state index is 10.5.